The summed E-state index contributed by atoms with van der Waals surface area (Å²) in [5.41, 5.74) is 3.37. The second-order valence-electron chi connectivity index (χ2n) is 5.86. The first-order valence-electron chi connectivity index (χ1n) is 7.97. The van der Waals surface area contributed by atoms with Crippen LogP contribution in [-0.4, -0.2) is 22.2 Å². The van der Waals surface area contributed by atoms with Gasteiger partial charge in [0.05, 0.1) is 23.4 Å². The van der Waals surface area contributed by atoms with Gasteiger partial charge in [0, 0.05) is 11.8 Å². The molecule has 0 unspecified atom stereocenters. The molecule has 0 N–H and O–H groups in total. The van der Waals surface area contributed by atoms with Gasteiger partial charge in [0.25, 0.3) is 0 Å². The van der Waals surface area contributed by atoms with Gasteiger partial charge in [-0.3, -0.25) is 0 Å². The van der Waals surface area contributed by atoms with Crippen molar-refractivity contribution in [3.8, 4) is 11.1 Å². The maximum Gasteiger partial charge on any atom is 0.340 e. The Kier molecular flexibility index (Phi) is 4.34. The predicted molar refractivity (Wildman–Crippen MR) is 90.6 cm³/mol. The zero-order valence-electron chi connectivity index (χ0n) is 13.9. The van der Waals surface area contributed by atoms with Crippen molar-refractivity contribution in [3.05, 3.63) is 59.7 Å². The highest BCUT2D eigenvalue weighted by Gasteiger charge is 2.25. The van der Waals surface area contributed by atoms with Crippen LogP contribution >= 0.6 is 0 Å². The van der Waals surface area contributed by atoms with Crippen molar-refractivity contribution in [1.29, 1.82) is 0 Å². The van der Waals surface area contributed by atoms with E-state index in [0.29, 0.717) is 11.3 Å². The Morgan fingerprint density at radius 1 is 1.25 bits per heavy atom. The average molecular weight is 326 g/mol. The van der Waals surface area contributed by atoms with Gasteiger partial charge in [-0.05, 0) is 42.7 Å². The van der Waals surface area contributed by atoms with Crippen LogP contribution in [0.15, 0.2) is 42.6 Å². The van der Waals surface area contributed by atoms with Crippen molar-refractivity contribution < 1.29 is 13.9 Å². The number of hydrogen-bond donors (Lipinski definition) is 0. The van der Waals surface area contributed by atoms with Gasteiger partial charge in [-0.15, -0.1) is 0 Å². The third-order valence-corrected chi connectivity index (χ3v) is 3.87. The first kappa shape index (κ1) is 16.2. The summed E-state index contributed by atoms with van der Waals surface area (Å²) in [5, 5.41) is 4.58. The first-order chi connectivity index (χ1) is 11.5. The van der Waals surface area contributed by atoms with Crippen LogP contribution in [0.25, 0.3) is 16.6 Å². The predicted octanol–water partition coefficient (Wildman–Crippen LogP) is 4.44. The number of halogens is 1. The highest BCUT2D eigenvalue weighted by Crippen LogP contribution is 2.33. The topological polar surface area (TPSA) is 43.6 Å². The van der Waals surface area contributed by atoms with Crippen molar-refractivity contribution in [2.45, 2.75) is 26.7 Å². The number of esters is 1. The molecule has 0 bridgehead atoms. The van der Waals surface area contributed by atoms with E-state index >= 15 is 0 Å². The molecule has 3 rings (SSSR count). The molecule has 0 radical (unpaired) electrons. The van der Waals surface area contributed by atoms with Crippen LogP contribution in [0.1, 0.15) is 42.7 Å². The van der Waals surface area contributed by atoms with E-state index in [0.717, 1.165) is 16.6 Å². The summed E-state index contributed by atoms with van der Waals surface area (Å²) in [7, 11) is 0. The Labute approximate surface area is 139 Å². The van der Waals surface area contributed by atoms with E-state index in [1.54, 1.807) is 23.6 Å². The fourth-order valence-electron chi connectivity index (χ4n) is 2.80. The molecule has 0 aliphatic heterocycles. The van der Waals surface area contributed by atoms with Crippen molar-refractivity contribution >= 4 is 11.5 Å². The Balaban J connectivity index is 2.38. The van der Waals surface area contributed by atoms with Crippen LogP contribution in [0.4, 0.5) is 4.39 Å². The average Bonchev–Trinajstić information content (AvgIpc) is 3.02. The van der Waals surface area contributed by atoms with Gasteiger partial charge in [0.2, 0.25) is 0 Å². The molecule has 124 valence electrons. The van der Waals surface area contributed by atoms with Crippen LogP contribution in [-0.2, 0) is 4.74 Å². The molecule has 0 amide bonds. The monoisotopic (exact) mass is 326 g/mol. The van der Waals surface area contributed by atoms with Crippen molar-refractivity contribution in [2.75, 3.05) is 6.61 Å². The second kappa shape index (κ2) is 6.43. The molecule has 1 aromatic carbocycles. The van der Waals surface area contributed by atoms with E-state index < -0.39 is 5.97 Å². The maximum absolute atomic E-state index is 13.3. The highest BCUT2D eigenvalue weighted by molar-refractivity contribution is 6.03. The fraction of sp³-hybridized carbons (Fsp3) is 0.263. The quantitative estimate of drug-likeness (QED) is 0.666. The van der Waals surface area contributed by atoms with Crippen molar-refractivity contribution in [2.24, 2.45) is 0 Å². The smallest absolute Gasteiger partial charge is 0.340 e. The van der Waals surface area contributed by atoms with Crippen LogP contribution in [0.5, 0.6) is 0 Å². The van der Waals surface area contributed by atoms with Gasteiger partial charge >= 0.3 is 5.97 Å². The summed E-state index contributed by atoms with van der Waals surface area (Å²) in [4.78, 5) is 12.7. The number of ether oxygens (including phenoxy) is 1. The number of carbonyl (C=O) groups excluding carboxylic acids is 1. The van der Waals surface area contributed by atoms with Gasteiger partial charge in [0.1, 0.15) is 5.82 Å². The number of rotatable bonds is 4. The van der Waals surface area contributed by atoms with Crippen LogP contribution < -0.4 is 0 Å². The largest absolute Gasteiger partial charge is 0.462 e. The first-order valence-corrected chi connectivity index (χ1v) is 7.97. The van der Waals surface area contributed by atoms with Crippen molar-refractivity contribution in [3.63, 3.8) is 0 Å². The minimum Gasteiger partial charge on any atom is -0.462 e. The van der Waals surface area contributed by atoms with Crippen LogP contribution in [0, 0.1) is 5.82 Å². The van der Waals surface area contributed by atoms with E-state index in [1.165, 1.54) is 12.1 Å². The van der Waals surface area contributed by atoms with Gasteiger partial charge < -0.3 is 4.74 Å². The van der Waals surface area contributed by atoms with Gasteiger partial charge in [-0.25, -0.2) is 13.7 Å². The number of benzene rings is 1. The minimum absolute atomic E-state index is 0.0374. The van der Waals surface area contributed by atoms with E-state index in [1.807, 2.05) is 32.2 Å². The normalized spacial score (nSPS) is 11.2. The zero-order valence-corrected chi connectivity index (χ0v) is 13.9. The Hall–Kier alpha value is -2.69. The molecule has 0 fully saturated rings. The van der Waals surface area contributed by atoms with Crippen molar-refractivity contribution in [1.82, 2.24) is 9.61 Å². The van der Waals surface area contributed by atoms with E-state index in [4.69, 9.17) is 4.74 Å². The lowest BCUT2D eigenvalue weighted by Gasteiger charge is -2.17. The summed E-state index contributed by atoms with van der Waals surface area (Å²) >= 11 is 0. The molecular weight excluding hydrogens is 307 g/mol. The Bertz CT molecular complexity index is 882. The number of nitrogens with zero attached hydrogens (tertiary/aromatic N) is 2. The van der Waals surface area contributed by atoms with Gasteiger partial charge in [-0.2, -0.15) is 5.10 Å². The maximum atomic E-state index is 13.3. The molecule has 5 heteroatoms. The number of hydrogen-bond acceptors (Lipinski definition) is 3. The highest BCUT2D eigenvalue weighted by atomic mass is 19.1. The summed E-state index contributed by atoms with van der Waals surface area (Å²) in [6.45, 7) is 6.02. The lowest BCUT2D eigenvalue weighted by Crippen LogP contribution is -2.15. The molecule has 0 saturated carbocycles. The van der Waals surface area contributed by atoms with Gasteiger partial charge in [-0.1, -0.05) is 26.0 Å². The second-order valence-corrected chi connectivity index (χ2v) is 5.86. The molecule has 24 heavy (non-hydrogen) atoms. The van der Waals surface area contributed by atoms with E-state index in [-0.39, 0.29) is 18.3 Å². The number of carbonyl (C=O) groups is 1. The molecular formula is C19H19FN2O2. The molecule has 4 nitrogen and oxygen atoms in total. The standard InChI is InChI=1S/C19H19FN2O2/c1-4-24-19(23)17-16(13-7-9-14(20)10-8-13)15-6-5-11-22(15)21-18(17)12(2)3/h5-12H,4H2,1-3H3. The molecule has 0 spiro atoms. The Morgan fingerprint density at radius 2 is 1.96 bits per heavy atom. The van der Waals surface area contributed by atoms with E-state index in [2.05, 4.69) is 5.10 Å². The van der Waals surface area contributed by atoms with Crippen LogP contribution in [0.3, 0.4) is 0 Å². The summed E-state index contributed by atoms with van der Waals surface area (Å²) < 4.78 is 20.3. The van der Waals surface area contributed by atoms with Gasteiger partial charge in [0.15, 0.2) is 0 Å². The molecule has 0 aliphatic carbocycles. The Morgan fingerprint density at radius 3 is 2.58 bits per heavy atom. The third kappa shape index (κ3) is 2.77. The minimum atomic E-state index is -0.406. The summed E-state index contributed by atoms with van der Waals surface area (Å²) in [6.07, 6.45) is 1.84. The molecule has 0 saturated heterocycles. The lowest BCUT2D eigenvalue weighted by molar-refractivity contribution is 0.0524. The molecule has 2 heterocycles. The molecule has 2 aromatic heterocycles. The van der Waals surface area contributed by atoms with Crippen LogP contribution in [0.2, 0.25) is 0 Å². The zero-order chi connectivity index (χ0) is 17.3. The number of fused-ring (bicyclic) bond motifs is 1. The fourth-order valence-corrected chi connectivity index (χ4v) is 2.80. The molecule has 0 atom stereocenters. The SMILES string of the molecule is CCOC(=O)c1c(C(C)C)nn2cccc2c1-c1ccc(F)cc1. The third-order valence-electron chi connectivity index (χ3n) is 3.87. The lowest BCUT2D eigenvalue weighted by atomic mass is 9.94. The molecule has 0 aliphatic rings. The van der Waals surface area contributed by atoms with E-state index in [9.17, 15) is 9.18 Å². The summed E-state index contributed by atoms with van der Waals surface area (Å²) in [5.74, 6) is -0.687. The number of aromatic nitrogens is 2. The summed E-state index contributed by atoms with van der Waals surface area (Å²) in [6, 6.07) is 9.88. The molecule has 3 aromatic rings.